The summed E-state index contributed by atoms with van der Waals surface area (Å²) in [5.74, 6) is 1.23. The van der Waals surface area contributed by atoms with E-state index in [0.717, 1.165) is 30.8 Å². The summed E-state index contributed by atoms with van der Waals surface area (Å²) >= 11 is 0. The third-order valence-electron chi connectivity index (χ3n) is 4.78. The quantitative estimate of drug-likeness (QED) is 0.805. The van der Waals surface area contributed by atoms with Gasteiger partial charge in [0.25, 0.3) is 5.91 Å². The molecular formula is C21H26N4O. The SMILES string of the molecule is C=CCNC(=O)c1cc(N2CCCCC2CC)nc(-c2ccccc2)n1. The van der Waals surface area contributed by atoms with E-state index in [4.69, 9.17) is 4.98 Å². The lowest BCUT2D eigenvalue weighted by Crippen LogP contribution is -2.40. The van der Waals surface area contributed by atoms with Crippen LogP contribution >= 0.6 is 0 Å². The zero-order valence-corrected chi connectivity index (χ0v) is 15.3. The van der Waals surface area contributed by atoms with Gasteiger partial charge in [0, 0.05) is 30.8 Å². The highest BCUT2D eigenvalue weighted by Crippen LogP contribution is 2.27. The summed E-state index contributed by atoms with van der Waals surface area (Å²) in [6.45, 7) is 7.24. The van der Waals surface area contributed by atoms with E-state index in [1.807, 2.05) is 36.4 Å². The Hall–Kier alpha value is -2.69. The maximum Gasteiger partial charge on any atom is 0.270 e. The van der Waals surface area contributed by atoms with Crippen LogP contribution < -0.4 is 10.2 Å². The third-order valence-corrected chi connectivity index (χ3v) is 4.78. The number of hydrogen-bond acceptors (Lipinski definition) is 4. The Morgan fingerprint density at radius 2 is 2.12 bits per heavy atom. The number of aromatic nitrogens is 2. The van der Waals surface area contributed by atoms with Gasteiger partial charge in [-0.05, 0) is 25.7 Å². The van der Waals surface area contributed by atoms with E-state index in [1.165, 1.54) is 12.8 Å². The minimum Gasteiger partial charge on any atom is -0.354 e. The summed E-state index contributed by atoms with van der Waals surface area (Å²) in [5.41, 5.74) is 1.31. The number of benzene rings is 1. The van der Waals surface area contributed by atoms with E-state index in [2.05, 4.69) is 28.7 Å². The molecule has 1 saturated heterocycles. The van der Waals surface area contributed by atoms with Crippen molar-refractivity contribution < 1.29 is 4.79 Å². The van der Waals surface area contributed by atoms with Crippen molar-refractivity contribution in [2.75, 3.05) is 18.0 Å². The Kier molecular flexibility index (Phi) is 6.00. The molecule has 1 aromatic carbocycles. The molecule has 0 bridgehead atoms. The van der Waals surface area contributed by atoms with Crippen LogP contribution in [0.5, 0.6) is 0 Å². The molecule has 26 heavy (non-hydrogen) atoms. The normalized spacial score (nSPS) is 17.0. The summed E-state index contributed by atoms with van der Waals surface area (Å²) < 4.78 is 0. The molecule has 2 heterocycles. The minimum absolute atomic E-state index is 0.198. The van der Waals surface area contributed by atoms with Crippen LogP contribution in [-0.4, -0.2) is 35.0 Å². The molecule has 1 fully saturated rings. The largest absolute Gasteiger partial charge is 0.354 e. The van der Waals surface area contributed by atoms with E-state index < -0.39 is 0 Å². The Bertz CT molecular complexity index is 760. The molecule has 1 aliphatic heterocycles. The molecule has 3 rings (SSSR count). The Morgan fingerprint density at radius 1 is 1.31 bits per heavy atom. The van der Waals surface area contributed by atoms with Crippen LogP contribution in [-0.2, 0) is 0 Å². The molecule has 1 aliphatic rings. The molecule has 0 saturated carbocycles. The first-order valence-corrected chi connectivity index (χ1v) is 9.33. The number of carbonyl (C=O) groups excluding carboxylic acids is 1. The van der Waals surface area contributed by atoms with Crippen LogP contribution in [0.1, 0.15) is 43.1 Å². The average molecular weight is 350 g/mol. The van der Waals surface area contributed by atoms with E-state index in [1.54, 1.807) is 6.08 Å². The molecule has 0 radical (unpaired) electrons. The maximum atomic E-state index is 12.5. The van der Waals surface area contributed by atoms with Crippen LogP contribution in [0.3, 0.4) is 0 Å². The lowest BCUT2D eigenvalue weighted by Gasteiger charge is -2.36. The number of nitrogens with one attached hydrogen (secondary N) is 1. The standard InChI is InChI=1S/C21H26N4O/c1-3-13-22-21(26)18-15-19(25-14-9-8-12-17(25)4-2)24-20(23-18)16-10-6-5-7-11-16/h3,5-7,10-11,15,17H,1,4,8-9,12-14H2,2H3,(H,22,26). The smallest absolute Gasteiger partial charge is 0.270 e. The summed E-state index contributed by atoms with van der Waals surface area (Å²) in [4.78, 5) is 24.2. The minimum atomic E-state index is -0.198. The van der Waals surface area contributed by atoms with Gasteiger partial charge in [-0.3, -0.25) is 4.79 Å². The van der Waals surface area contributed by atoms with Gasteiger partial charge >= 0.3 is 0 Å². The van der Waals surface area contributed by atoms with Crippen molar-refractivity contribution in [2.45, 2.75) is 38.6 Å². The van der Waals surface area contributed by atoms with Crippen LogP contribution in [0.4, 0.5) is 5.82 Å². The first-order chi connectivity index (χ1) is 12.7. The second-order valence-corrected chi connectivity index (χ2v) is 6.55. The molecule has 136 valence electrons. The highest BCUT2D eigenvalue weighted by atomic mass is 16.1. The predicted octanol–water partition coefficient (Wildman–Crippen LogP) is 3.83. The molecule has 1 amide bonds. The second-order valence-electron chi connectivity index (χ2n) is 6.55. The van der Waals surface area contributed by atoms with Gasteiger partial charge in [0.15, 0.2) is 5.82 Å². The third kappa shape index (κ3) is 4.10. The van der Waals surface area contributed by atoms with Gasteiger partial charge in [-0.2, -0.15) is 0 Å². The van der Waals surface area contributed by atoms with Gasteiger partial charge in [-0.1, -0.05) is 43.3 Å². The van der Waals surface area contributed by atoms with Gasteiger partial charge in [0.05, 0.1) is 0 Å². The van der Waals surface area contributed by atoms with E-state index >= 15 is 0 Å². The Morgan fingerprint density at radius 3 is 2.85 bits per heavy atom. The fraction of sp³-hybridized carbons (Fsp3) is 0.381. The van der Waals surface area contributed by atoms with Crippen molar-refractivity contribution in [2.24, 2.45) is 0 Å². The molecule has 0 aliphatic carbocycles. The zero-order valence-electron chi connectivity index (χ0n) is 15.3. The van der Waals surface area contributed by atoms with Crippen LogP contribution in [0.2, 0.25) is 0 Å². The number of carbonyl (C=O) groups is 1. The van der Waals surface area contributed by atoms with Gasteiger partial charge in [-0.15, -0.1) is 6.58 Å². The number of nitrogens with zero attached hydrogens (tertiary/aromatic N) is 3. The van der Waals surface area contributed by atoms with Crippen molar-refractivity contribution in [1.29, 1.82) is 0 Å². The van der Waals surface area contributed by atoms with Crippen molar-refractivity contribution in [3.63, 3.8) is 0 Å². The predicted molar refractivity (Wildman–Crippen MR) is 105 cm³/mol. The van der Waals surface area contributed by atoms with Crippen molar-refractivity contribution in [3.05, 3.63) is 54.7 Å². The maximum absolute atomic E-state index is 12.5. The first kappa shape index (κ1) is 18.1. The lowest BCUT2D eigenvalue weighted by atomic mass is 10.00. The van der Waals surface area contributed by atoms with Crippen LogP contribution in [0, 0.1) is 0 Å². The summed E-state index contributed by atoms with van der Waals surface area (Å²) in [7, 11) is 0. The number of piperidine rings is 1. The summed E-state index contributed by atoms with van der Waals surface area (Å²) in [6.07, 6.45) is 6.30. The summed E-state index contributed by atoms with van der Waals surface area (Å²) in [6, 6.07) is 12.1. The molecule has 2 aromatic rings. The molecule has 1 atom stereocenters. The van der Waals surface area contributed by atoms with Gasteiger partial charge < -0.3 is 10.2 Å². The number of amides is 1. The number of hydrogen-bond donors (Lipinski definition) is 1. The molecule has 1 unspecified atom stereocenters. The second kappa shape index (κ2) is 8.61. The monoisotopic (exact) mass is 350 g/mol. The Balaban J connectivity index is 2.02. The zero-order chi connectivity index (χ0) is 18.4. The number of rotatable bonds is 6. The van der Waals surface area contributed by atoms with Crippen molar-refractivity contribution in [3.8, 4) is 11.4 Å². The molecular weight excluding hydrogens is 324 g/mol. The molecule has 1 N–H and O–H groups in total. The van der Waals surface area contributed by atoms with Crippen LogP contribution in [0.25, 0.3) is 11.4 Å². The van der Waals surface area contributed by atoms with E-state index in [-0.39, 0.29) is 5.91 Å². The average Bonchev–Trinajstić information content (AvgIpc) is 2.72. The van der Waals surface area contributed by atoms with Gasteiger partial charge in [-0.25, -0.2) is 9.97 Å². The van der Waals surface area contributed by atoms with E-state index in [9.17, 15) is 4.79 Å². The molecule has 5 heteroatoms. The highest BCUT2D eigenvalue weighted by molar-refractivity contribution is 5.93. The van der Waals surface area contributed by atoms with Crippen LogP contribution in [0.15, 0.2) is 49.1 Å². The lowest BCUT2D eigenvalue weighted by molar-refractivity contribution is 0.0953. The van der Waals surface area contributed by atoms with Crippen molar-refractivity contribution >= 4 is 11.7 Å². The topological polar surface area (TPSA) is 58.1 Å². The fourth-order valence-corrected chi connectivity index (χ4v) is 3.40. The number of anilines is 1. The van der Waals surface area contributed by atoms with Gasteiger partial charge in [0.1, 0.15) is 11.5 Å². The Labute approximate surface area is 155 Å². The highest BCUT2D eigenvalue weighted by Gasteiger charge is 2.24. The first-order valence-electron chi connectivity index (χ1n) is 9.33. The molecule has 5 nitrogen and oxygen atoms in total. The van der Waals surface area contributed by atoms with E-state index in [0.29, 0.717) is 24.1 Å². The van der Waals surface area contributed by atoms with Gasteiger partial charge in [0.2, 0.25) is 0 Å². The molecule has 0 spiro atoms. The summed E-state index contributed by atoms with van der Waals surface area (Å²) in [5, 5.41) is 2.82. The molecule has 1 aromatic heterocycles. The fourth-order valence-electron chi connectivity index (χ4n) is 3.40. The van der Waals surface area contributed by atoms with Crippen molar-refractivity contribution in [1.82, 2.24) is 15.3 Å².